The fraction of sp³-hybridized carbons (Fsp3) is 0.464. The lowest BCUT2D eigenvalue weighted by Crippen LogP contribution is -2.45. The van der Waals surface area contributed by atoms with Crippen LogP contribution in [0, 0.1) is 22.7 Å². The number of halogens is 2. The van der Waals surface area contributed by atoms with Crippen LogP contribution in [0.25, 0.3) is 0 Å². The van der Waals surface area contributed by atoms with E-state index >= 15 is 0 Å². The highest BCUT2D eigenvalue weighted by Gasteiger charge is 2.46. The van der Waals surface area contributed by atoms with E-state index in [0.29, 0.717) is 41.4 Å². The third-order valence-corrected chi connectivity index (χ3v) is 8.59. The molecule has 6 nitrogen and oxygen atoms in total. The number of rotatable bonds is 4. The van der Waals surface area contributed by atoms with Gasteiger partial charge in [-0.15, -0.1) is 11.3 Å². The topological polar surface area (TPSA) is 77.9 Å². The number of aromatic carboxylic acids is 1. The summed E-state index contributed by atoms with van der Waals surface area (Å²) in [6.45, 7) is 6.65. The van der Waals surface area contributed by atoms with Gasteiger partial charge in [-0.05, 0) is 76.1 Å². The zero-order valence-electron chi connectivity index (χ0n) is 21.4. The number of anilines is 1. The predicted octanol–water partition coefficient (Wildman–Crippen LogP) is 6.59. The number of carboxylic acid groups (broad SMARTS) is 1. The molecular weight excluding hydrogens is 531 g/mol. The van der Waals surface area contributed by atoms with E-state index in [9.17, 15) is 19.5 Å². The second-order valence-electron chi connectivity index (χ2n) is 11.1. The molecule has 2 fully saturated rings. The first kappa shape index (κ1) is 27.5. The first-order chi connectivity index (χ1) is 17.3. The summed E-state index contributed by atoms with van der Waals surface area (Å²) in [6.07, 6.45) is 3.36. The zero-order valence-corrected chi connectivity index (χ0v) is 23.7. The average molecular weight is 562 g/mol. The Bertz CT molecular complexity index is 1310. The maximum atomic E-state index is 14.0. The summed E-state index contributed by atoms with van der Waals surface area (Å²) in [5.74, 6) is 4.89. The van der Waals surface area contributed by atoms with Crippen molar-refractivity contribution in [2.45, 2.75) is 58.9 Å². The van der Waals surface area contributed by atoms with Crippen LogP contribution in [0.4, 0.5) is 5.69 Å². The zero-order chi connectivity index (χ0) is 27.1. The van der Waals surface area contributed by atoms with Crippen molar-refractivity contribution >= 4 is 58.0 Å². The fourth-order valence-electron chi connectivity index (χ4n) is 5.20. The molecule has 0 bridgehead atoms. The van der Waals surface area contributed by atoms with Crippen LogP contribution in [-0.2, 0) is 4.79 Å². The predicted molar refractivity (Wildman–Crippen MR) is 148 cm³/mol. The molecule has 1 spiro atoms. The van der Waals surface area contributed by atoms with Crippen LogP contribution >= 0.6 is 34.5 Å². The van der Waals surface area contributed by atoms with E-state index in [1.165, 1.54) is 6.07 Å². The van der Waals surface area contributed by atoms with Crippen LogP contribution in [0.1, 0.15) is 77.8 Å². The number of thiophene rings is 1. The van der Waals surface area contributed by atoms with Gasteiger partial charge in [-0.2, -0.15) is 0 Å². The van der Waals surface area contributed by atoms with Crippen molar-refractivity contribution in [2.24, 2.45) is 10.8 Å². The number of hydrogen-bond donors (Lipinski definition) is 1. The highest BCUT2D eigenvalue weighted by molar-refractivity contribution is 7.15. The van der Waals surface area contributed by atoms with Gasteiger partial charge in [0.15, 0.2) is 0 Å². The normalized spacial score (nSPS) is 21.6. The second kappa shape index (κ2) is 10.3. The van der Waals surface area contributed by atoms with Crippen LogP contribution in [0.15, 0.2) is 24.3 Å². The Hall–Kier alpha value is -2.53. The minimum atomic E-state index is -1.11. The maximum Gasteiger partial charge on any atom is 0.348 e. The molecule has 0 radical (unpaired) electrons. The van der Waals surface area contributed by atoms with E-state index < -0.39 is 5.97 Å². The summed E-state index contributed by atoms with van der Waals surface area (Å²) >= 11 is 13.6. The fourth-order valence-corrected chi connectivity index (χ4v) is 6.53. The summed E-state index contributed by atoms with van der Waals surface area (Å²) < 4.78 is 0. The number of carbonyl (C=O) groups is 3. The lowest BCUT2D eigenvalue weighted by atomic mass is 9.71. The third-order valence-electron chi connectivity index (χ3n) is 7.01. The van der Waals surface area contributed by atoms with E-state index in [0.717, 1.165) is 24.2 Å². The number of carbonyl (C=O) groups excluding carboxylic acids is 2. The van der Waals surface area contributed by atoms with Gasteiger partial charge in [0.1, 0.15) is 4.88 Å². The Morgan fingerprint density at radius 1 is 1.19 bits per heavy atom. The molecule has 1 aliphatic heterocycles. The molecule has 9 heteroatoms. The van der Waals surface area contributed by atoms with Gasteiger partial charge in [-0.1, -0.05) is 35.0 Å². The van der Waals surface area contributed by atoms with Crippen molar-refractivity contribution < 1.29 is 19.5 Å². The molecule has 2 aliphatic rings. The van der Waals surface area contributed by atoms with Crippen molar-refractivity contribution in [3.8, 4) is 11.8 Å². The van der Waals surface area contributed by atoms with E-state index in [2.05, 4.69) is 11.8 Å². The van der Waals surface area contributed by atoms with Crippen molar-refractivity contribution in [3.63, 3.8) is 0 Å². The summed E-state index contributed by atoms with van der Waals surface area (Å²) in [4.78, 5) is 42.6. The van der Waals surface area contributed by atoms with E-state index in [-0.39, 0.29) is 44.1 Å². The Morgan fingerprint density at radius 2 is 1.86 bits per heavy atom. The van der Waals surface area contributed by atoms with Crippen LogP contribution in [-0.4, -0.2) is 47.4 Å². The molecule has 1 N–H and O–H groups in total. The van der Waals surface area contributed by atoms with E-state index in [4.69, 9.17) is 23.2 Å². The third kappa shape index (κ3) is 5.98. The van der Waals surface area contributed by atoms with Gasteiger partial charge < -0.3 is 14.9 Å². The van der Waals surface area contributed by atoms with Gasteiger partial charge in [-0.25, -0.2) is 4.79 Å². The standard InChI is InChI=1S/C28H30Cl2N2O4S/c1-27(2,3)10-9-19-14-22(24(37-19)26(35)36)32(25(34)20-6-5-17(29)13-21(20)30)18-7-11-28(12-8-18)15-23(33)31(4)16-28/h5-6,13-14,18H,7-8,11-12,15-16H2,1-4H3,(H,35,36). The number of carboxylic acids is 1. The molecule has 4 rings (SSSR count). The molecule has 1 saturated carbocycles. The molecule has 0 atom stereocenters. The van der Waals surface area contributed by atoms with Crippen molar-refractivity contribution in [1.29, 1.82) is 0 Å². The minimum Gasteiger partial charge on any atom is -0.477 e. The van der Waals surface area contributed by atoms with E-state index in [1.54, 1.807) is 28.0 Å². The molecular formula is C28H30Cl2N2O4S. The Balaban J connectivity index is 1.75. The average Bonchev–Trinajstić information content (AvgIpc) is 3.34. The lowest BCUT2D eigenvalue weighted by molar-refractivity contribution is -0.126. The summed E-state index contributed by atoms with van der Waals surface area (Å²) in [5.41, 5.74) is 0.228. The smallest absolute Gasteiger partial charge is 0.348 e. The van der Waals surface area contributed by atoms with Crippen LogP contribution in [0.2, 0.25) is 10.0 Å². The highest BCUT2D eigenvalue weighted by atomic mass is 35.5. The molecule has 2 amide bonds. The van der Waals surface area contributed by atoms with Gasteiger partial charge in [0.25, 0.3) is 5.91 Å². The molecule has 1 aromatic carbocycles. The number of nitrogens with zero attached hydrogens (tertiary/aromatic N) is 2. The van der Waals surface area contributed by atoms with Crippen molar-refractivity contribution in [3.05, 3.63) is 49.6 Å². The molecule has 1 saturated heterocycles. The summed E-state index contributed by atoms with van der Waals surface area (Å²) in [6, 6.07) is 6.13. The molecule has 1 aromatic heterocycles. The number of likely N-dealkylation sites (tertiary alicyclic amines) is 1. The molecule has 2 aromatic rings. The maximum absolute atomic E-state index is 14.0. The van der Waals surface area contributed by atoms with Gasteiger partial charge in [-0.3, -0.25) is 9.59 Å². The second-order valence-corrected chi connectivity index (χ2v) is 13.0. The number of hydrogen-bond acceptors (Lipinski definition) is 4. The molecule has 0 unspecified atom stereocenters. The quantitative estimate of drug-likeness (QED) is 0.428. The highest BCUT2D eigenvalue weighted by Crippen LogP contribution is 2.46. The Labute approximate surface area is 231 Å². The summed E-state index contributed by atoms with van der Waals surface area (Å²) in [7, 11) is 1.83. The number of amides is 2. The minimum absolute atomic E-state index is 0.0627. The van der Waals surface area contributed by atoms with Crippen molar-refractivity contribution in [2.75, 3.05) is 18.5 Å². The van der Waals surface area contributed by atoms with E-state index in [1.807, 2.05) is 27.8 Å². The van der Waals surface area contributed by atoms with Gasteiger partial charge in [0.2, 0.25) is 5.91 Å². The SMILES string of the molecule is CN1CC2(CCC(N(C(=O)c3ccc(Cl)cc3Cl)c3cc(C#CC(C)(C)C)sc3C(=O)O)CC2)CC1=O. The largest absolute Gasteiger partial charge is 0.477 e. The monoisotopic (exact) mass is 560 g/mol. The lowest BCUT2D eigenvalue weighted by Gasteiger charge is -2.41. The molecule has 1 aliphatic carbocycles. The van der Waals surface area contributed by atoms with Gasteiger partial charge >= 0.3 is 5.97 Å². The Morgan fingerprint density at radius 3 is 2.41 bits per heavy atom. The number of benzene rings is 1. The molecule has 2 heterocycles. The summed E-state index contributed by atoms with van der Waals surface area (Å²) in [5, 5.41) is 10.7. The first-order valence-corrected chi connectivity index (χ1v) is 13.8. The first-order valence-electron chi connectivity index (χ1n) is 12.2. The van der Waals surface area contributed by atoms with Gasteiger partial charge in [0.05, 0.1) is 21.2 Å². The van der Waals surface area contributed by atoms with Crippen LogP contribution in [0.3, 0.4) is 0 Å². The Kier molecular flexibility index (Phi) is 7.67. The molecule has 196 valence electrons. The van der Waals surface area contributed by atoms with Crippen LogP contribution < -0.4 is 4.90 Å². The van der Waals surface area contributed by atoms with Gasteiger partial charge in [0, 0.05) is 36.5 Å². The van der Waals surface area contributed by atoms with Crippen LogP contribution in [0.5, 0.6) is 0 Å². The van der Waals surface area contributed by atoms with Crippen molar-refractivity contribution in [1.82, 2.24) is 4.90 Å². The molecule has 37 heavy (non-hydrogen) atoms.